The Morgan fingerprint density at radius 1 is 1.52 bits per heavy atom. The van der Waals surface area contributed by atoms with Crippen LogP contribution in [0.4, 0.5) is 0 Å². The summed E-state index contributed by atoms with van der Waals surface area (Å²) in [5, 5.41) is 11.3. The van der Waals surface area contributed by atoms with Gasteiger partial charge in [-0.05, 0) is 42.2 Å². The maximum absolute atomic E-state index is 4.79. The van der Waals surface area contributed by atoms with E-state index in [0.717, 1.165) is 38.7 Å². The fourth-order valence-corrected chi connectivity index (χ4v) is 3.63. The summed E-state index contributed by atoms with van der Waals surface area (Å²) >= 11 is 1.75. The molecule has 5 heteroatoms. The number of hydrogen-bond acceptors (Lipinski definition) is 3. The van der Waals surface area contributed by atoms with Crippen molar-refractivity contribution in [1.29, 1.82) is 0 Å². The molecule has 1 aliphatic rings. The fourth-order valence-electron chi connectivity index (χ4n) is 2.84. The van der Waals surface area contributed by atoms with Gasteiger partial charge in [0.15, 0.2) is 5.96 Å². The smallest absolute Gasteiger partial charge is 0.191 e. The number of likely N-dealkylation sites (tertiary alicyclic amines) is 1. The van der Waals surface area contributed by atoms with Crippen LogP contribution in [0, 0.1) is 0 Å². The Labute approximate surface area is 144 Å². The molecule has 1 unspecified atom stereocenters. The first kappa shape index (κ1) is 18.0. The number of nitrogens with one attached hydrogen (secondary N) is 2. The Kier molecular flexibility index (Phi) is 7.62. The molecule has 0 aromatic carbocycles. The van der Waals surface area contributed by atoms with Crippen LogP contribution in [0.1, 0.15) is 38.2 Å². The van der Waals surface area contributed by atoms with Crippen molar-refractivity contribution in [1.82, 2.24) is 15.5 Å². The maximum atomic E-state index is 4.79. The Bertz CT molecular complexity index is 475. The van der Waals surface area contributed by atoms with Crippen molar-refractivity contribution in [2.75, 3.05) is 32.7 Å². The molecule has 2 N–H and O–H groups in total. The fraction of sp³-hybridized carbons (Fsp3) is 0.611. The standard InChI is InChI=1S/C18H30N4S/c1-4-9-22-10-6-17(7-11-22)21-18(19-5-2)20-13-15(3)16-8-12-23-14-16/h4,8,12,14-15,17H,1,5-7,9-11,13H2,2-3H3,(H2,19,20,21). The molecule has 0 radical (unpaired) electrons. The summed E-state index contributed by atoms with van der Waals surface area (Å²) in [6, 6.07) is 2.71. The van der Waals surface area contributed by atoms with E-state index < -0.39 is 0 Å². The number of aliphatic imine (C=N–C) groups is 1. The highest BCUT2D eigenvalue weighted by Crippen LogP contribution is 2.18. The third kappa shape index (κ3) is 5.99. The molecule has 0 amide bonds. The quantitative estimate of drug-likeness (QED) is 0.457. The van der Waals surface area contributed by atoms with Crippen LogP contribution in [0.2, 0.25) is 0 Å². The Morgan fingerprint density at radius 3 is 2.91 bits per heavy atom. The summed E-state index contributed by atoms with van der Waals surface area (Å²) in [5.74, 6) is 1.42. The van der Waals surface area contributed by atoms with E-state index in [-0.39, 0.29) is 0 Å². The van der Waals surface area contributed by atoms with E-state index in [9.17, 15) is 0 Å². The third-order valence-corrected chi connectivity index (χ3v) is 5.00. The van der Waals surface area contributed by atoms with Gasteiger partial charge in [0.1, 0.15) is 0 Å². The van der Waals surface area contributed by atoms with Crippen molar-refractivity contribution in [3.63, 3.8) is 0 Å². The molecule has 1 fully saturated rings. The van der Waals surface area contributed by atoms with Gasteiger partial charge in [-0.15, -0.1) is 6.58 Å². The van der Waals surface area contributed by atoms with Gasteiger partial charge >= 0.3 is 0 Å². The van der Waals surface area contributed by atoms with Crippen LogP contribution >= 0.6 is 11.3 Å². The number of nitrogens with zero attached hydrogens (tertiary/aromatic N) is 2. The minimum absolute atomic E-state index is 0.464. The second-order valence-corrected chi connectivity index (χ2v) is 6.97. The molecule has 1 aromatic heterocycles. The first-order valence-electron chi connectivity index (χ1n) is 8.63. The van der Waals surface area contributed by atoms with Crippen molar-refractivity contribution >= 4 is 17.3 Å². The van der Waals surface area contributed by atoms with E-state index in [1.54, 1.807) is 11.3 Å². The minimum atomic E-state index is 0.464. The summed E-state index contributed by atoms with van der Waals surface area (Å²) in [5.41, 5.74) is 1.38. The van der Waals surface area contributed by atoms with Crippen LogP contribution in [-0.4, -0.2) is 49.6 Å². The van der Waals surface area contributed by atoms with Gasteiger partial charge in [0.2, 0.25) is 0 Å². The number of rotatable bonds is 7. The van der Waals surface area contributed by atoms with Gasteiger partial charge in [-0.3, -0.25) is 9.89 Å². The average Bonchev–Trinajstić information content (AvgIpc) is 3.09. The number of hydrogen-bond donors (Lipinski definition) is 2. The van der Waals surface area contributed by atoms with Crippen molar-refractivity contribution < 1.29 is 0 Å². The molecule has 1 aliphatic heterocycles. The van der Waals surface area contributed by atoms with E-state index in [0.29, 0.717) is 12.0 Å². The normalized spacial score (nSPS) is 18.6. The molecule has 2 heterocycles. The maximum Gasteiger partial charge on any atom is 0.191 e. The van der Waals surface area contributed by atoms with Gasteiger partial charge in [0.05, 0.1) is 0 Å². The average molecular weight is 335 g/mol. The van der Waals surface area contributed by atoms with Crippen LogP contribution in [0.3, 0.4) is 0 Å². The van der Waals surface area contributed by atoms with Gasteiger partial charge in [-0.1, -0.05) is 13.0 Å². The number of thiophene rings is 1. The lowest BCUT2D eigenvalue weighted by molar-refractivity contribution is 0.225. The molecule has 0 spiro atoms. The van der Waals surface area contributed by atoms with E-state index in [1.165, 1.54) is 18.4 Å². The van der Waals surface area contributed by atoms with Crippen molar-refractivity contribution in [3.8, 4) is 0 Å². The summed E-state index contributed by atoms with van der Waals surface area (Å²) in [6.07, 6.45) is 4.32. The topological polar surface area (TPSA) is 39.7 Å². The molecule has 0 bridgehead atoms. The molecular weight excluding hydrogens is 304 g/mol. The summed E-state index contributed by atoms with van der Waals surface area (Å²) in [6.45, 7) is 13.2. The van der Waals surface area contributed by atoms with Crippen LogP contribution in [-0.2, 0) is 0 Å². The zero-order valence-electron chi connectivity index (χ0n) is 14.4. The summed E-state index contributed by atoms with van der Waals surface area (Å²) in [4.78, 5) is 7.24. The van der Waals surface area contributed by atoms with Crippen LogP contribution in [0.15, 0.2) is 34.5 Å². The molecule has 128 valence electrons. The molecule has 0 saturated carbocycles. The van der Waals surface area contributed by atoms with E-state index in [1.807, 2.05) is 6.08 Å². The van der Waals surface area contributed by atoms with Gasteiger partial charge in [-0.2, -0.15) is 11.3 Å². The molecule has 4 nitrogen and oxygen atoms in total. The summed E-state index contributed by atoms with van der Waals surface area (Å²) < 4.78 is 0. The number of piperidine rings is 1. The molecule has 1 aromatic rings. The van der Waals surface area contributed by atoms with Crippen LogP contribution in [0.25, 0.3) is 0 Å². The highest BCUT2D eigenvalue weighted by molar-refractivity contribution is 7.07. The van der Waals surface area contributed by atoms with Crippen molar-refractivity contribution in [2.24, 2.45) is 4.99 Å². The lowest BCUT2D eigenvalue weighted by Crippen LogP contribution is -2.48. The van der Waals surface area contributed by atoms with Gasteiger partial charge in [-0.25, -0.2) is 0 Å². The van der Waals surface area contributed by atoms with E-state index in [2.05, 4.69) is 52.8 Å². The molecule has 1 atom stereocenters. The third-order valence-electron chi connectivity index (χ3n) is 4.30. The lowest BCUT2D eigenvalue weighted by atomic mass is 10.1. The highest BCUT2D eigenvalue weighted by atomic mass is 32.1. The zero-order chi connectivity index (χ0) is 16.5. The van der Waals surface area contributed by atoms with Crippen LogP contribution < -0.4 is 10.6 Å². The Morgan fingerprint density at radius 2 is 2.30 bits per heavy atom. The summed E-state index contributed by atoms with van der Waals surface area (Å²) in [7, 11) is 0. The van der Waals surface area contributed by atoms with Gasteiger partial charge in [0, 0.05) is 44.7 Å². The second kappa shape index (κ2) is 9.73. The number of guanidine groups is 1. The second-order valence-electron chi connectivity index (χ2n) is 6.19. The zero-order valence-corrected chi connectivity index (χ0v) is 15.2. The molecule has 0 aliphatic carbocycles. The molecule has 1 saturated heterocycles. The predicted octanol–water partition coefficient (Wildman–Crippen LogP) is 3.06. The van der Waals surface area contributed by atoms with Gasteiger partial charge < -0.3 is 10.6 Å². The largest absolute Gasteiger partial charge is 0.357 e. The first-order valence-corrected chi connectivity index (χ1v) is 9.57. The Hall–Kier alpha value is -1.33. The van der Waals surface area contributed by atoms with Crippen molar-refractivity contribution in [2.45, 2.75) is 38.6 Å². The monoisotopic (exact) mass is 334 g/mol. The van der Waals surface area contributed by atoms with Crippen LogP contribution in [0.5, 0.6) is 0 Å². The van der Waals surface area contributed by atoms with E-state index in [4.69, 9.17) is 4.99 Å². The molecule has 2 rings (SSSR count). The lowest BCUT2D eigenvalue weighted by Gasteiger charge is -2.32. The van der Waals surface area contributed by atoms with E-state index >= 15 is 0 Å². The SMILES string of the molecule is C=CCN1CCC(NC(=NCC(C)c2ccsc2)NCC)CC1. The predicted molar refractivity (Wildman–Crippen MR) is 102 cm³/mol. The highest BCUT2D eigenvalue weighted by Gasteiger charge is 2.19. The van der Waals surface area contributed by atoms with Crippen molar-refractivity contribution in [3.05, 3.63) is 35.0 Å². The Balaban J connectivity index is 1.83. The van der Waals surface area contributed by atoms with Gasteiger partial charge in [0.25, 0.3) is 0 Å². The first-order chi connectivity index (χ1) is 11.2. The molecule has 23 heavy (non-hydrogen) atoms. The minimum Gasteiger partial charge on any atom is -0.357 e. The molecular formula is C18H30N4S.